The van der Waals surface area contributed by atoms with E-state index in [0.29, 0.717) is 5.25 Å². The van der Waals surface area contributed by atoms with Gasteiger partial charge in [-0.25, -0.2) is 0 Å². The number of nitrogens with one attached hydrogen (secondary N) is 1. The topological polar surface area (TPSA) is 36.1 Å². The van der Waals surface area contributed by atoms with E-state index in [-0.39, 0.29) is 5.91 Å². The summed E-state index contributed by atoms with van der Waals surface area (Å²) >= 11 is 8.24. The number of H-pyrrole nitrogens is 1. The van der Waals surface area contributed by atoms with Crippen LogP contribution in [-0.4, -0.2) is 34.6 Å². The van der Waals surface area contributed by atoms with E-state index in [2.05, 4.69) is 11.1 Å². The number of nitrogens with zero attached hydrogens (tertiary/aromatic N) is 1. The van der Waals surface area contributed by atoms with Crippen LogP contribution in [-0.2, 0) is 0 Å². The molecule has 2 heterocycles. The minimum Gasteiger partial charge on any atom is -0.361 e. The molecule has 1 saturated heterocycles. The van der Waals surface area contributed by atoms with Crippen LogP contribution >= 0.6 is 23.4 Å². The van der Waals surface area contributed by atoms with Gasteiger partial charge in [0.15, 0.2) is 0 Å². The number of fused-ring (bicyclic) bond motifs is 1. The fraction of sp³-hybridized carbons (Fsp3) is 0.250. The van der Waals surface area contributed by atoms with Crippen LogP contribution in [0.5, 0.6) is 0 Å². The summed E-state index contributed by atoms with van der Waals surface area (Å²) < 4.78 is 0. The first-order valence-electron chi connectivity index (χ1n) is 8.45. The molecule has 0 saturated carbocycles. The van der Waals surface area contributed by atoms with Crippen LogP contribution < -0.4 is 0 Å². The fourth-order valence-electron chi connectivity index (χ4n) is 3.33. The summed E-state index contributed by atoms with van der Waals surface area (Å²) in [5, 5.41) is 2.24. The van der Waals surface area contributed by atoms with E-state index in [0.717, 1.165) is 46.8 Å². The molecule has 0 aliphatic carbocycles. The summed E-state index contributed by atoms with van der Waals surface area (Å²) in [4.78, 5) is 18.0. The van der Waals surface area contributed by atoms with Crippen LogP contribution in [0.15, 0.2) is 54.7 Å². The van der Waals surface area contributed by atoms with Crippen molar-refractivity contribution in [2.45, 2.75) is 11.7 Å². The zero-order chi connectivity index (χ0) is 17.2. The summed E-state index contributed by atoms with van der Waals surface area (Å²) in [5.74, 6) is 1.04. The number of hydrogen-bond donors (Lipinski definition) is 1. The molecule has 3 aromatic rings. The molecule has 128 valence electrons. The Labute approximate surface area is 156 Å². The number of amides is 1. The van der Waals surface area contributed by atoms with E-state index < -0.39 is 0 Å². The van der Waals surface area contributed by atoms with Gasteiger partial charge in [-0.2, -0.15) is 11.8 Å². The molecule has 5 heteroatoms. The number of carbonyl (C=O) groups excluding carboxylic acids is 1. The van der Waals surface area contributed by atoms with Crippen LogP contribution in [0.4, 0.5) is 0 Å². The van der Waals surface area contributed by atoms with Gasteiger partial charge in [0.1, 0.15) is 0 Å². The maximum atomic E-state index is 12.9. The highest BCUT2D eigenvalue weighted by molar-refractivity contribution is 7.99. The quantitative estimate of drug-likeness (QED) is 0.677. The smallest absolute Gasteiger partial charge is 0.253 e. The normalized spacial score (nSPS) is 18.3. The number of halogens is 1. The van der Waals surface area contributed by atoms with Crippen molar-refractivity contribution in [3.8, 4) is 0 Å². The maximum Gasteiger partial charge on any atom is 0.253 e. The molecule has 0 spiro atoms. The third kappa shape index (κ3) is 3.42. The van der Waals surface area contributed by atoms with E-state index >= 15 is 0 Å². The van der Waals surface area contributed by atoms with Gasteiger partial charge >= 0.3 is 0 Å². The zero-order valence-corrected chi connectivity index (χ0v) is 15.3. The van der Waals surface area contributed by atoms with E-state index in [1.165, 1.54) is 5.56 Å². The molecular weight excluding hydrogens is 352 g/mol. The summed E-state index contributed by atoms with van der Waals surface area (Å²) in [5.41, 5.74) is 2.99. The third-order valence-corrected chi connectivity index (χ3v) is 6.34. The second-order valence-corrected chi connectivity index (χ2v) is 7.96. The SMILES string of the molecule is O=C(c1ccc2[nH]ccc2c1)N1CCS[C@@H](c2ccccc2Cl)CC1. The van der Waals surface area contributed by atoms with E-state index in [1.54, 1.807) is 0 Å². The van der Waals surface area contributed by atoms with E-state index in [1.807, 2.05) is 65.3 Å². The highest BCUT2D eigenvalue weighted by Crippen LogP contribution is 2.38. The zero-order valence-electron chi connectivity index (χ0n) is 13.7. The number of benzene rings is 2. The van der Waals surface area contributed by atoms with E-state index in [9.17, 15) is 4.79 Å². The van der Waals surface area contributed by atoms with Gasteiger partial charge in [-0.15, -0.1) is 0 Å². The van der Waals surface area contributed by atoms with Gasteiger partial charge in [0.05, 0.1) is 0 Å². The maximum absolute atomic E-state index is 12.9. The Morgan fingerprint density at radius 2 is 2.04 bits per heavy atom. The number of aromatic nitrogens is 1. The lowest BCUT2D eigenvalue weighted by atomic mass is 10.1. The molecule has 1 fully saturated rings. The average Bonchev–Trinajstić information content (AvgIpc) is 2.97. The Hall–Kier alpha value is -1.91. The highest BCUT2D eigenvalue weighted by atomic mass is 35.5. The predicted octanol–water partition coefficient (Wildman–Crippen LogP) is 5.14. The lowest BCUT2D eigenvalue weighted by molar-refractivity contribution is 0.0767. The van der Waals surface area contributed by atoms with Crippen molar-refractivity contribution in [1.82, 2.24) is 9.88 Å². The van der Waals surface area contributed by atoms with E-state index in [4.69, 9.17) is 11.6 Å². The molecule has 1 N–H and O–H groups in total. The first-order valence-corrected chi connectivity index (χ1v) is 9.87. The van der Waals surface area contributed by atoms with Crippen molar-refractivity contribution in [1.29, 1.82) is 0 Å². The van der Waals surface area contributed by atoms with Gasteiger partial charge in [0.2, 0.25) is 0 Å². The molecule has 1 aromatic heterocycles. The fourth-order valence-corrected chi connectivity index (χ4v) is 4.93. The molecule has 2 aromatic carbocycles. The largest absolute Gasteiger partial charge is 0.361 e. The number of rotatable bonds is 2. The second-order valence-electron chi connectivity index (χ2n) is 6.24. The summed E-state index contributed by atoms with van der Waals surface area (Å²) in [7, 11) is 0. The minimum absolute atomic E-state index is 0.114. The van der Waals surface area contributed by atoms with Crippen molar-refractivity contribution in [2.75, 3.05) is 18.8 Å². The van der Waals surface area contributed by atoms with Crippen LogP contribution in [0, 0.1) is 0 Å². The van der Waals surface area contributed by atoms with Gasteiger partial charge in [-0.1, -0.05) is 29.8 Å². The van der Waals surface area contributed by atoms with Gasteiger partial charge < -0.3 is 9.88 Å². The molecule has 1 atom stereocenters. The second kappa shape index (κ2) is 7.14. The first kappa shape index (κ1) is 16.6. The lowest BCUT2D eigenvalue weighted by Gasteiger charge is -2.20. The number of hydrogen-bond acceptors (Lipinski definition) is 2. The number of thioether (sulfide) groups is 1. The standard InChI is InChI=1S/C20H19ClN2OS/c21-17-4-2-1-3-16(17)19-8-10-23(11-12-25-19)20(24)15-5-6-18-14(13-15)7-9-22-18/h1-7,9,13,19,22H,8,10-12H2/t19-/m1/s1. The van der Waals surface area contributed by atoms with Crippen molar-refractivity contribution in [3.63, 3.8) is 0 Å². The van der Waals surface area contributed by atoms with Gasteiger partial charge in [0.25, 0.3) is 5.91 Å². The summed E-state index contributed by atoms with van der Waals surface area (Å²) in [6.45, 7) is 1.53. The summed E-state index contributed by atoms with van der Waals surface area (Å²) in [6, 6.07) is 15.9. The third-order valence-electron chi connectivity index (χ3n) is 4.68. The molecule has 3 nitrogen and oxygen atoms in total. The van der Waals surface area contributed by atoms with Crippen molar-refractivity contribution >= 4 is 40.2 Å². The predicted molar refractivity (Wildman–Crippen MR) is 105 cm³/mol. The Morgan fingerprint density at radius 1 is 1.16 bits per heavy atom. The molecular formula is C20H19ClN2OS. The molecule has 1 aliphatic heterocycles. The van der Waals surface area contributed by atoms with Gasteiger partial charge in [-0.05, 0) is 42.3 Å². The first-order chi connectivity index (χ1) is 12.2. The molecule has 0 unspecified atom stereocenters. The van der Waals surface area contributed by atoms with Crippen molar-refractivity contribution in [2.24, 2.45) is 0 Å². The molecule has 0 bridgehead atoms. The average molecular weight is 371 g/mol. The Morgan fingerprint density at radius 3 is 2.92 bits per heavy atom. The lowest BCUT2D eigenvalue weighted by Crippen LogP contribution is -2.32. The number of aromatic amines is 1. The van der Waals surface area contributed by atoms with Crippen molar-refractivity contribution < 1.29 is 4.79 Å². The van der Waals surface area contributed by atoms with Crippen LogP contribution in [0.1, 0.15) is 27.6 Å². The van der Waals surface area contributed by atoms with Crippen molar-refractivity contribution in [3.05, 3.63) is 70.9 Å². The Balaban J connectivity index is 1.50. The van der Waals surface area contributed by atoms with Crippen LogP contribution in [0.2, 0.25) is 5.02 Å². The molecule has 4 rings (SSSR count). The molecule has 1 aliphatic rings. The Kier molecular flexibility index (Phi) is 4.73. The highest BCUT2D eigenvalue weighted by Gasteiger charge is 2.24. The molecule has 1 amide bonds. The summed E-state index contributed by atoms with van der Waals surface area (Å²) in [6.07, 6.45) is 2.82. The molecule has 0 radical (unpaired) electrons. The van der Waals surface area contributed by atoms with Crippen LogP contribution in [0.3, 0.4) is 0 Å². The Bertz CT molecular complexity index is 907. The number of carbonyl (C=O) groups is 1. The van der Waals surface area contributed by atoms with Gasteiger partial charge in [-0.3, -0.25) is 4.79 Å². The van der Waals surface area contributed by atoms with Crippen LogP contribution in [0.25, 0.3) is 10.9 Å². The van der Waals surface area contributed by atoms with Gasteiger partial charge in [0, 0.05) is 51.8 Å². The minimum atomic E-state index is 0.114. The molecule has 25 heavy (non-hydrogen) atoms. The monoisotopic (exact) mass is 370 g/mol.